The van der Waals surface area contributed by atoms with E-state index >= 15 is 0 Å². The van der Waals surface area contributed by atoms with Crippen LogP contribution in [0.4, 0.5) is 21.9 Å². The second-order valence-electron chi connectivity index (χ2n) is 5.65. The fourth-order valence-electron chi connectivity index (χ4n) is 2.64. The lowest BCUT2D eigenvalue weighted by atomic mass is 10.1. The maximum absolute atomic E-state index is 12.6. The molecule has 26 heavy (non-hydrogen) atoms. The molecule has 0 bridgehead atoms. The van der Waals surface area contributed by atoms with Crippen LogP contribution in [0.3, 0.4) is 0 Å². The van der Waals surface area contributed by atoms with Gasteiger partial charge >= 0.3 is 6.09 Å². The summed E-state index contributed by atoms with van der Waals surface area (Å²) in [6.07, 6.45) is -0.797. The average Bonchev–Trinajstić information content (AvgIpc) is 2.61. The van der Waals surface area contributed by atoms with E-state index in [0.29, 0.717) is 0 Å². The van der Waals surface area contributed by atoms with Gasteiger partial charge in [0.1, 0.15) is 18.3 Å². The maximum Gasteiger partial charge on any atom is 0.415 e. The quantitative estimate of drug-likeness (QED) is 0.650. The number of nitro benzene ring substituents is 1. The van der Waals surface area contributed by atoms with E-state index in [9.17, 15) is 19.7 Å². The van der Waals surface area contributed by atoms with Gasteiger partial charge in [0, 0.05) is 11.1 Å². The maximum atomic E-state index is 12.6. The van der Waals surface area contributed by atoms with Gasteiger partial charge in [0.05, 0.1) is 10.6 Å². The Morgan fingerprint density at radius 1 is 1.35 bits per heavy atom. The summed E-state index contributed by atoms with van der Waals surface area (Å²) in [4.78, 5) is 36.4. The molecule has 134 valence electrons. The third-order valence-electron chi connectivity index (χ3n) is 3.93. The Balaban J connectivity index is 1.95. The molecule has 3 rings (SSSR count). The topological polar surface area (TPSA) is 102 Å². The highest BCUT2D eigenvalue weighted by Crippen LogP contribution is 2.41. The number of nitrogens with one attached hydrogen (secondary N) is 1. The van der Waals surface area contributed by atoms with Crippen LogP contribution in [0, 0.1) is 10.1 Å². The van der Waals surface area contributed by atoms with Gasteiger partial charge in [-0.3, -0.25) is 19.8 Å². The minimum Gasteiger partial charge on any atom is -0.444 e. The standard InChI is InChI=1S/C17H14ClN3O5/c1-10-16(22)19-15-13(7-12(18)8-14(15)21(24)25)20(10)17(23)26-9-11-5-3-2-4-6-11/h2-8,10H,9H2,1H3,(H,19,22)/t10-/m0/s1. The van der Waals surface area contributed by atoms with Gasteiger partial charge < -0.3 is 10.1 Å². The molecule has 2 aromatic carbocycles. The first-order valence-electron chi connectivity index (χ1n) is 7.67. The first-order chi connectivity index (χ1) is 12.4. The van der Waals surface area contributed by atoms with Crippen LogP contribution in [0.15, 0.2) is 42.5 Å². The summed E-state index contributed by atoms with van der Waals surface area (Å²) in [5.41, 5.74) is 0.411. The Bertz CT molecular complexity index is 887. The van der Waals surface area contributed by atoms with Gasteiger partial charge in [-0.25, -0.2) is 4.79 Å². The van der Waals surface area contributed by atoms with Gasteiger partial charge in [-0.05, 0) is 18.6 Å². The lowest BCUT2D eigenvalue weighted by Gasteiger charge is -2.33. The number of hydrogen-bond donors (Lipinski definition) is 1. The Labute approximate surface area is 153 Å². The predicted octanol–water partition coefficient (Wildman–Crippen LogP) is 3.73. The Hall–Kier alpha value is -3.13. The lowest BCUT2D eigenvalue weighted by Crippen LogP contribution is -2.49. The number of nitrogens with zero attached hydrogens (tertiary/aromatic N) is 2. The highest BCUT2D eigenvalue weighted by Gasteiger charge is 2.38. The van der Waals surface area contributed by atoms with E-state index < -0.39 is 28.7 Å². The van der Waals surface area contributed by atoms with E-state index in [2.05, 4.69) is 5.32 Å². The van der Waals surface area contributed by atoms with Crippen molar-refractivity contribution in [3.05, 3.63) is 63.2 Å². The summed E-state index contributed by atoms with van der Waals surface area (Å²) < 4.78 is 5.28. The van der Waals surface area contributed by atoms with E-state index in [1.165, 1.54) is 13.0 Å². The van der Waals surface area contributed by atoms with Crippen molar-refractivity contribution in [3.63, 3.8) is 0 Å². The van der Waals surface area contributed by atoms with E-state index in [1.807, 2.05) is 6.07 Å². The molecule has 0 fully saturated rings. The van der Waals surface area contributed by atoms with Crippen molar-refractivity contribution in [3.8, 4) is 0 Å². The minimum absolute atomic E-state index is 0.00248. The molecule has 0 saturated carbocycles. The molecule has 1 aliphatic rings. The van der Waals surface area contributed by atoms with Crippen molar-refractivity contribution in [2.45, 2.75) is 19.6 Å². The molecular formula is C17H14ClN3O5. The molecule has 1 atom stereocenters. The highest BCUT2D eigenvalue weighted by atomic mass is 35.5. The van der Waals surface area contributed by atoms with Crippen LogP contribution in [-0.4, -0.2) is 23.0 Å². The van der Waals surface area contributed by atoms with Gasteiger partial charge in [-0.15, -0.1) is 0 Å². The molecule has 0 saturated heterocycles. The van der Waals surface area contributed by atoms with Crippen LogP contribution in [0.2, 0.25) is 5.02 Å². The number of halogens is 1. The molecule has 1 aliphatic heterocycles. The number of nitro groups is 1. The van der Waals surface area contributed by atoms with Crippen LogP contribution in [0.5, 0.6) is 0 Å². The van der Waals surface area contributed by atoms with Crippen LogP contribution >= 0.6 is 11.6 Å². The molecule has 2 amide bonds. The van der Waals surface area contributed by atoms with Crippen molar-refractivity contribution in [1.29, 1.82) is 0 Å². The molecule has 0 unspecified atom stereocenters. The van der Waals surface area contributed by atoms with Crippen molar-refractivity contribution in [2.24, 2.45) is 0 Å². The summed E-state index contributed by atoms with van der Waals surface area (Å²) in [5.74, 6) is -0.556. The van der Waals surface area contributed by atoms with E-state index in [-0.39, 0.29) is 23.0 Å². The van der Waals surface area contributed by atoms with Crippen molar-refractivity contribution in [1.82, 2.24) is 0 Å². The Morgan fingerprint density at radius 3 is 2.69 bits per heavy atom. The van der Waals surface area contributed by atoms with Crippen molar-refractivity contribution >= 4 is 40.7 Å². The van der Waals surface area contributed by atoms with E-state index in [4.69, 9.17) is 16.3 Å². The number of anilines is 2. The number of carbonyl (C=O) groups is 2. The van der Waals surface area contributed by atoms with Crippen LogP contribution in [0.25, 0.3) is 0 Å². The highest BCUT2D eigenvalue weighted by molar-refractivity contribution is 6.31. The predicted molar refractivity (Wildman–Crippen MR) is 95.3 cm³/mol. The number of fused-ring (bicyclic) bond motifs is 1. The Kier molecular flexibility index (Phi) is 4.77. The van der Waals surface area contributed by atoms with Gasteiger partial charge in [0.15, 0.2) is 0 Å². The molecule has 9 heteroatoms. The largest absolute Gasteiger partial charge is 0.444 e. The van der Waals surface area contributed by atoms with Crippen LogP contribution in [0.1, 0.15) is 12.5 Å². The monoisotopic (exact) mass is 375 g/mol. The zero-order chi connectivity index (χ0) is 18.8. The smallest absolute Gasteiger partial charge is 0.415 e. The summed E-state index contributed by atoms with van der Waals surface area (Å²) in [5, 5.41) is 13.8. The molecule has 0 aliphatic carbocycles. The zero-order valence-corrected chi connectivity index (χ0v) is 14.4. The zero-order valence-electron chi connectivity index (χ0n) is 13.6. The number of rotatable bonds is 3. The summed E-state index contributed by atoms with van der Waals surface area (Å²) >= 11 is 5.96. The SMILES string of the molecule is C[C@H]1C(=O)Nc2c(cc(Cl)cc2[N+](=O)[O-])N1C(=O)OCc1ccccc1. The Morgan fingerprint density at radius 2 is 2.04 bits per heavy atom. The summed E-state index contributed by atoms with van der Waals surface area (Å²) in [7, 11) is 0. The minimum atomic E-state index is -0.913. The van der Waals surface area contributed by atoms with E-state index in [1.54, 1.807) is 24.3 Å². The lowest BCUT2D eigenvalue weighted by molar-refractivity contribution is -0.383. The van der Waals surface area contributed by atoms with Gasteiger partial charge in [0.2, 0.25) is 5.91 Å². The van der Waals surface area contributed by atoms with Gasteiger partial charge in [-0.1, -0.05) is 41.9 Å². The molecule has 1 heterocycles. The second-order valence-corrected chi connectivity index (χ2v) is 6.09. The van der Waals surface area contributed by atoms with E-state index in [0.717, 1.165) is 16.5 Å². The third-order valence-corrected chi connectivity index (χ3v) is 4.15. The normalized spacial score (nSPS) is 15.8. The molecule has 8 nitrogen and oxygen atoms in total. The second kappa shape index (κ2) is 7.01. The first-order valence-corrected chi connectivity index (χ1v) is 8.05. The fraction of sp³-hybridized carbons (Fsp3) is 0.176. The fourth-order valence-corrected chi connectivity index (χ4v) is 2.85. The number of carbonyl (C=O) groups excluding carboxylic acids is 2. The first kappa shape index (κ1) is 17.7. The number of amides is 2. The van der Waals surface area contributed by atoms with Crippen LogP contribution < -0.4 is 10.2 Å². The van der Waals surface area contributed by atoms with Gasteiger partial charge in [-0.2, -0.15) is 0 Å². The van der Waals surface area contributed by atoms with Crippen LogP contribution in [-0.2, 0) is 16.1 Å². The third kappa shape index (κ3) is 3.31. The molecule has 2 aromatic rings. The molecular weight excluding hydrogens is 362 g/mol. The number of hydrogen-bond acceptors (Lipinski definition) is 5. The van der Waals surface area contributed by atoms with Crippen molar-refractivity contribution < 1.29 is 19.2 Å². The summed E-state index contributed by atoms with van der Waals surface area (Å²) in [6, 6.07) is 10.6. The molecule has 0 radical (unpaired) electrons. The average molecular weight is 376 g/mol. The summed E-state index contributed by atoms with van der Waals surface area (Å²) in [6.45, 7) is 1.50. The molecule has 0 spiro atoms. The molecule has 1 N–H and O–H groups in total. The number of ether oxygens (including phenoxy) is 1. The molecule has 0 aromatic heterocycles. The number of benzene rings is 2. The van der Waals surface area contributed by atoms with Gasteiger partial charge in [0.25, 0.3) is 5.69 Å². The van der Waals surface area contributed by atoms with Crippen molar-refractivity contribution in [2.75, 3.05) is 10.2 Å².